The molecule has 3 aliphatic rings. The van der Waals surface area contributed by atoms with Gasteiger partial charge in [-0.2, -0.15) is 0 Å². The molecule has 5 rings (SSSR count). The van der Waals surface area contributed by atoms with Crippen LogP contribution in [0, 0.1) is 11.2 Å². The zero-order chi connectivity index (χ0) is 24.1. The molecular weight excluding hydrogens is 482 g/mol. The van der Waals surface area contributed by atoms with Crippen LogP contribution in [0.5, 0.6) is 5.75 Å². The third-order valence-electron chi connectivity index (χ3n) is 6.89. The molecule has 184 valence electrons. The molecule has 0 atom stereocenters. The number of alkyl halides is 3. The van der Waals surface area contributed by atoms with E-state index in [0.29, 0.717) is 11.8 Å². The smallest absolute Gasteiger partial charge is 0.484 e. The Labute approximate surface area is 197 Å². The molecule has 1 spiro atoms. The van der Waals surface area contributed by atoms with E-state index in [1.54, 1.807) is 0 Å². The fourth-order valence-corrected chi connectivity index (χ4v) is 5.31. The van der Waals surface area contributed by atoms with Gasteiger partial charge < -0.3 is 14.5 Å². The molecule has 0 unspecified atom stereocenters. The topological polar surface area (TPSA) is 86.5 Å². The van der Waals surface area contributed by atoms with Crippen LogP contribution in [0.15, 0.2) is 22.6 Å². The lowest BCUT2D eigenvalue weighted by Gasteiger charge is -2.57. The summed E-state index contributed by atoms with van der Waals surface area (Å²) in [4.78, 5) is 12.1. The van der Waals surface area contributed by atoms with Crippen molar-refractivity contribution in [3.63, 3.8) is 0 Å². The highest BCUT2D eigenvalue weighted by Crippen LogP contribution is 2.61. The van der Waals surface area contributed by atoms with Gasteiger partial charge in [0.05, 0.1) is 11.1 Å². The lowest BCUT2D eigenvalue weighted by molar-refractivity contribution is -0.352. The van der Waals surface area contributed by atoms with E-state index in [1.807, 2.05) is 0 Å². The minimum absolute atomic E-state index is 0.0145. The van der Waals surface area contributed by atoms with Crippen LogP contribution < -0.4 is 10.1 Å². The summed E-state index contributed by atoms with van der Waals surface area (Å²) < 4.78 is 65.2. The van der Waals surface area contributed by atoms with E-state index in [1.165, 1.54) is 12.1 Å². The number of nitrogens with one attached hydrogen (secondary N) is 1. The number of hydrogen-bond donors (Lipinski definition) is 1. The maximum atomic E-state index is 13.4. The van der Waals surface area contributed by atoms with Crippen molar-refractivity contribution in [1.29, 1.82) is 0 Å². The highest BCUT2D eigenvalue weighted by Gasteiger charge is 2.55. The molecule has 0 aliphatic heterocycles. The van der Waals surface area contributed by atoms with Gasteiger partial charge in [0.25, 0.3) is 5.91 Å². The maximum absolute atomic E-state index is 13.4. The molecular formula is C22H22ClF4N3O4. The third kappa shape index (κ3) is 5.00. The zero-order valence-electron chi connectivity index (χ0n) is 17.9. The number of halogens is 5. The van der Waals surface area contributed by atoms with E-state index in [9.17, 15) is 22.4 Å². The monoisotopic (exact) mass is 503 g/mol. The van der Waals surface area contributed by atoms with Gasteiger partial charge in [0.15, 0.2) is 6.61 Å². The molecule has 1 aromatic carbocycles. The summed E-state index contributed by atoms with van der Waals surface area (Å²) in [6.07, 6.45) is -1.64. The summed E-state index contributed by atoms with van der Waals surface area (Å²) in [7, 11) is 0. The van der Waals surface area contributed by atoms with Crippen LogP contribution in [0.25, 0.3) is 0 Å². The maximum Gasteiger partial charge on any atom is 0.522 e. The zero-order valence-corrected chi connectivity index (χ0v) is 18.7. The largest absolute Gasteiger partial charge is 0.522 e. The second kappa shape index (κ2) is 8.67. The van der Waals surface area contributed by atoms with Crippen LogP contribution >= 0.6 is 11.6 Å². The van der Waals surface area contributed by atoms with Crippen molar-refractivity contribution in [3.8, 4) is 5.75 Å². The fraction of sp³-hybridized carbons (Fsp3) is 0.591. The predicted octanol–water partition coefficient (Wildman–Crippen LogP) is 4.87. The summed E-state index contributed by atoms with van der Waals surface area (Å²) in [5.41, 5.74) is 0.138. The van der Waals surface area contributed by atoms with E-state index >= 15 is 0 Å². The number of hydrogen-bond acceptors (Lipinski definition) is 6. The number of aromatic nitrogens is 2. The molecule has 2 aromatic rings. The van der Waals surface area contributed by atoms with Gasteiger partial charge in [-0.3, -0.25) is 9.53 Å². The highest BCUT2D eigenvalue weighted by molar-refractivity contribution is 6.30. The van der Waals surface area contributed by atoms with Gasteiger partial charge in [0.1, 0.15) is 11.6 Å². The van der Waals surface area contributed by atoms with Crippen molar-refractivity contribution in [2.45, 2.75) is 68.9 Å². The van der Waals surface area contributed by atoms with Gasteiger partial charge in [-0.05, 0) is 56.1 Å². The molecule has 0 saturated heterocycles. The first-order valence-corrected chi connectivity index (χ1v) is 11.4. The Morgan fingerprint density at radius 3 is 2.47 bits per heavy atom. The Morgan fingerprint density at radius 2 is 1.82 bits per heavy atom. The summed E-state index contributed by atoms with van der Waals surface area (Å²) in [6, 6.07) is 4.04. The molecule has 12 heteroatoms. The summed E-state index contributed by atoms with van der Waals surface area (Å²) in [6.45, 7) is -0.214. The lowest BCUT2D eigenvalue weighted by atomic mass is 9.50. The number of benzene rings is 1. The van der Waals surface area contributed by atoms with Crippen molar-refractivity contribution in [1.82, 2.24) is 15.5 Å². The number of rotatable bonds is 7. The molecule has 7 nitrogen and oxygen atoms in total. The lowest BCUT2D eigenvalue weighted by Crippen LogP contribution is -2.56. The Balaban J connectivity index is 1.01. The first kappa shape index (κ1) is 23.3. The quantitative estimate of drug-likeness (QED) is 0.543. The average molecular weight is 504 g/mol. The highest BCUT2D eigenvalue weighted by atomic mass is 35.5. The van der Waals surface area contributed by atoms with Crippen LogP contribution in [0.4, 0.5) is 17.6 Å². The molecule has 1 aromatic heterocycles. The minimum Gasteiger partial charge on any atom is -0.484 e. The van der Waals surface area contributed by atoms with E-state index in [-0.39, 0.29) is 59.4 Å². The number of carbonyl (C=O) groups is 1. The second-order valence-electron chi connectivity index (χ2n) is 9.47. The molecule has 0 bridgehead atoms. The van der Waals surface area contributed by atoms with Gasteiger partial charge in [-0.1, -0.05) is 11.6 Å². The van der Waals surface area contributed by atoms with E-state index < -0.39 is 18.3 Å². The van der Waals surface area contributed by atoms with Crippen molar-refractivity contribution in [2.75, 3.05) is 6.61 Å². The molecule has 3 fully saturated rings. The van der Waals surface area contributed by atoms with Gasteiger partial charge in [0.2, 0.25) is 11.8 Å². The number of amides is 1. The molecule has 1 N–H and O–H groups in total. The van der Waals surface area contributed by atoms with Crippen LogP contribution in [0.1, 0.15) is 62.1 Å². The number of nitrogens with zero attached hydrogens (tertiary/aromatic N) is 2. The van der Waals surface area contributed by atoms with Crippen LogP contribution in [-0.4, -0.2) is 41.2 Å². The summed E-state index contributed by atoms with van der Waals surface area (Å²) >= 11 is 5.62. The van der Waals surface area contributed by atoms with Crippen molar-refractivity contribution < 1.29 is 36.2 Å². The molecule has 0 radical (unpaired) electrons. The normalized spacial score (nSPS) is 30.3. The van der Waals surface area contributed by atoms with Crippen molar-refractivity contribution in [2.24, 2.45) is 5.41 Å². The van der Waals surface area contributed by atoms with Crippen molar-refractivity contribution >= 4 is 17.5 Å². The molecule has 3 saturated carbocycles. The molecule has 1 heterocycles. The SMILES string of the molecule is O=C(COc1ccc(Cl)c(F)c1)NC1CC2(C1)CC(c1nnc(C3CC(OC(F)(F)F)C3)o1)C2. The first-order chi connectivity index (χ1) is 16.1. The van der Waals surface area contributed by atoms with Crippen LogP contribution in [0.2, 0.25) is 5.02 Å². The van der Waals surface area contributed by atoms with E-state index in [2.05, 4.69) is 20.3 Å². The Bertz CT molecular complexity index is 1060. The van der Waals surface area contributed by atoms with Crippen LogP contribution in [-0.2, 0) is 9.53 Å². The van der Waals surface area contributed by atoms with Gasteiger partial charge >= 0.3 is 6.36 Å². The van der Waals surface area contributed by atoms with Crippen molar-refractivity contribution in [3.05, 3.63) is 40.8 Å². The Kier molecular flexibility index (Phi) is 5.96. The number of ether oxygens (including phenoxy) is 2. The van der Waals surface area contributed by atoms with Gasteiger partial charge in [-0.15, -0.1) is 23.4 Å². The van der Waals surface area contributed by atoms with E-state index in [0.717, 1.165) is 31.7 Å². The predicted molar refractivity (Wildman–Crippen MR) is 110 cm³/mol. The standard InChI is InChI=1S/C22H22ClF4N3O4/c23-16-2-1-14(5-17(16)24)32-10-18(31)28-13-8-21(9-13)6-12(7-21)20-30-29-19(33-20)11-3-15(4-11)34-22(25,26)27/h1-2,5,11-13,15H,3-4,6-10H2,(H,28,31). The average Bonchev–Trinajstić information content (AvgIpc) is 3.14. The number of carbonyl (C=O) groups excluding carboxylic acids is 1. The van der Waals surface area contributed by atoms with Gasteiger partial charge in [0, 0.05) is 23.9 Å². The Hall–Kier alpha value is -2.40. The van der Waals surface area contributed by atoms with Gasteiger partial charge in [-0.25, -0.2) is 4.39 Å². The fourth-order valence-electron chi connectivity index (χ4n) is 5.20. The van der Waals surface area contributed by atoms with E-state index in [4.69, 9.17) is 20.8 Å². The summed E-state index contributed by atoms with van der Waals surface area (Å²) in [5.74, 6) is 0.171. The second-order valence-corrected chi connectivity index (χ2v) is 9.88. The minimum atomic E-state index is -4.63. The first-order valence-electron chi connectivity index (χ1n) is 11.0. The van der Waals surface area contributed by atoms with Crippen LogP contribution in [0.3, 0.4) is 0 Å². The molecule has 3 aliphatic carbocycles. The molecule has 1 amide bonds. The summed E-state index contributed by atoms with van der Waals surface area (Å²) in [5, 5.41) is 11.0. The Morgan fingerprint density at radius 1 is 1.15 bits per heavy atom. The molecule has 34 heavy (non-hydrogen) atoms. The third-order valence-corrected chi connectivity index (χ3v) is 7.20.